The van der Waals surface area contributed by atoms with E-state index in [1.807, 2.05) is 6.07 Å². The van der Waals surface area contributed by atoms with Crippen LogP contribution in [0.2, 0.25) is 0 Å². The molecule has 2 unspecified atom stereocenters. The summed E-state index contributed by atoms with van der Waals surface area (Å²) in [5.41, 5.74) is 2.50. The van der Waals surface area contributed by atoms with Crippen LogP contribution in [0.25, 0.3) is 0 Å². The van der Waals surface area contributed by atoms with E-state index in [-0.39, 0.29) is 0 Å². The summed E-state index contributed by atoms with van der Waals surface area (Å²) in [6.07, 6.45) is 1.10. The standard InChI is InChI=1S/C16H25NO/c1-7-16(12(2)13(3)17(4)5)14-9-8-10-15(11-14)18-6/h8-12,16H,3,7H2,1-2,4-6H3. The van der Waals surface area contributed by atoms with E-state index in [9.17, 15) is 0 Å². The summed E-state index contributed by atoms with van der Waals surface area (Å²) in [5.74, 6) is 1.83. The fourth-order valence-electron chi connectivity index (χ4n) is 2.39. The van der Waals surface area contributed by atoms with E-state index >= 15 is 0 Å². The van der Waals surface area contributed by atoms with Crippen LogP contribution in [0.3, 0.4) is 0 Å². The highest BCUT2D eigenvalue weighted by Gasteiger charge is 2.21. The Morgan fingerprint density at radius 2 is 2.06 bits per heavy atom. The monoisotopic (exact) mass is 247 g/mol. The molecule has 0 aliphatic rings. The Labute approximate surface area is 111 Å². The van der Waals surface area contributed by atoms with Crippen molar-refractivity contribution in [2.24, 2.45) is 5.92 Å². The van der Waals surface area contributed by atoms with Crippen LogP contribution >= 0.6 is 0 Å². The van der Waals surface area contributed by atoms with Crippen LogP contribution in [-0.4, -0.2) is 26.1 Å². The van der Waals surface area contributed by atoms with Crippen LogP contribution in [-0.2, 0) is 0 Å². The van der Waals surface area contributed by atoms with Crippen LogP contribution in [0.1, 0.15) is 31.7 Å². The second-order valence-electron chi connectivity index (χ2n) is 4.97. The molecule has 2 heteroatoms. The Balaban J connectivity index is 2.98. The maximum Gasteiger partial charge on any atom is 0.119 e. The van der Waals surface area contributed by atoms with E-state index in [2.05, 4.69) is 57.6 Å². The quantitative estimate of drug-likeness (QED) is 0.756. The van der Waals surface area contributed by atoms with Crippen LogP contribution in [0, 0.1) is 5.92 Å². The molecule has 2 atom stereocenters. The molecule has 0 bridgehead atoms. The highest BCUT2D eigenvalue weighted by molar-refractivity contribution is 5.32. The zero-order chi connectivity index (χ0) is 13.7. The molecule has 1 aromatic carbocycles. The molecular formula is C16H25NO. The van der Waals surface area contributed by atoms with Crippen molar-refractivity contribution in [3.05, 3.63) is 42.1 Å². The van der Waals surface area contributed by atoms with Gasteiger partial charge in [0.2, 0.25) is 0 Å². The van der Waals surface area contributed by atoms with Gasteiger partial charge in [0.05, 0.1) is 7.11 Å². The van der Waals surface area contributed by atoms with Gasteiger partial charge >= 0.3 is 0 Å². The molecule has 18 heavy (non-hydrogen) atoms. The molecule has 0 N–H and O–H groups in total. The fourth-order valence-corrected chi connectivity index (χ4v) is 2.39. The molecule has 0 amide bonds. The first-order chi connectivity index (χ1) is 8.51. The molecular weight excluding hydrogens is 222 g/mol. The molecule has 0 aliphatic heterocycles. The average molecular weight is 247 g/mol. The number of rotatable bonds is 6. The predicted octanol–water partition coefficient (Wildman–Crippen LogP) is 3.90. The molecule has 1 rings (SSSR count). The summed E-state index contributed by atoms with van der Waals surface area (Å²) in [6, 6.07) is 8.35. The predicted molar refractivity (Wildman–Crippen MR) is 78.0 cm³/mol. The van der Waals surface area contributed by atoms with Crippen molar-refractivity contribution >= 4 is 0 Å². The normalized spacial score (nSPS) is 13.8. The van der Waals surface area contributed by atoms with Gasteiger partial charge in [0.15, 0.2) is 0 Å². The molecule has 0 saturated heterocycles. The largest absolute Gasteiger partial charge is 0.497 e. The minimum Gasteiger partial charge on any atom is -0.497 e. The second kappa shape index (κ2) is 6.48. The van der Waals surface area contributed by atoms with E-state index in [1.165, 1.54) is 11.3 Å². The van der Waals surface area contributed by atoms with E-state index in [0.717, 1.165) is 12.2 Å². The summed E-state index contributed by atoms with van der Waals surface area (Å²) < 4.78 is 5.30. The van der Waals surface area contributed by atoms with Gasteiger partial charge in [-0.15, -0.1) is 0 Å². The van der Waals surface area contributed by atoms with Gasteiger partial charge in [-0.3, -0.25) is 0 Å². The number of hydrogen-bond acceptors (Lipinski definition) is 2. The number of nitrogens with zero attached hydrogens (tertiary/aromatic N) is 1. The van der Waals surface area contributed by atoms with E-state index in [1.54, 1.807) is 7.11 Å². The lowest BCUT2D eigenvalue weighted by Crippen LogP contribution is -2.21. The summed E-state index contributed by atoms with van der Waals surface area (Å²) in [6.45, 7) is 8.66. The maximum absolute atomic E-state index is 5.30. The molecule has 100 valence electrons. The van der Waals surface area contributed by atoms with E-state index in [4.69, 9.17) is 4.74 Å². The van der Waals surface area contributed by atoms with E-state index < -0.39 is 0 Å². The molecule has 0 radical (unpaired) electrons. The number of hydrogen-bond donors (Lipinski definition) is 0. The van der Waals surface area contributed by atoms with E-state index in [0.29, 0.717) is 11.8 Å². The first-order valence-corrected chi connectivity index (χ1v) is 6.51. The van der Waals surface area contributed by atoms with Gasteiger partial charge in [-0.1, -0.05) is 32.6 Å². The fraction of sp³-hybridized carbons (Fsp3) is 0.500. The third-order valence-electron chi connectivity index (χ3n) is 3.67. The van der Waals surface area contributed by atoms with Gasteiger partial charge in [0.25, 0.3) is 0 Å². The number of benzene rings is 1. The number of ether oxygens (including phenoxy) is 1. The van der Waals surface area contributed by atoms with Gasteiger partial charge in [-0.25, -0.2) is 0 Å². The van der Waals surface area contributed by atoms with Crippen molar-refractivity contribution in [1.82, 2.24) is 4.90 Å². The molecule has 0 aliphatic carbocycles. The summed E-state index contributed by atoms with van der Waals surface area (Å²) in [7, 11) is 5.82. The lowest BCUT2D eigenvalue weighted by Gasteiger charge is -2.29. The van der Waals surface area contributed by atoms with Crippen LogP contribution in [0.4, 0.5) is 0 Å². The smallest absolute Gasteiger partial charge is 0.119 e. The van der Waals surface area contributed by atoms with Gasteiger partial charge in [-0.05, 0) is 30.0 Å². The molecule has 1 aromatic rings. The van der Waals surface area contributed by atoms with Crippen molar-refractivity contribution in [3.8, 4) is 5.75 Å². The minimum absolute atomic E-state index is 0.428. The zero-order valence-electron chi connectivity index (χ0n) is 12.2. The lowest BCUT2D eigenvalue weighted by molar-refractivity contribution is 0.382. The van der Waals surface area contributed by atoms with Crippen LogP contribution in [0.5, 0.6) is 5.75 Å². The number of allylic oxidation sites excluding steroid dienone is 1. The topological polar surface area (TPSA) is 12.5 Å². The first kappa shape index (κ1) is 14.6. The second-order valence-corrected chi connectivity index (χ2v) is 4.97. The zero-order valence-corrected chi connectivity index (χ0v) is 12.2. The molecule has 0 saturated carbocycles. The molecule has 0 spiro atoms. The SMILES string of the molecule is C=C(C(C)C(CC)c1cccc(OC)c1)N(C)C. The Kier molecular flexibility index (Phi) is 5.26. The van der Waals surface area contributed by atoms with Crippen molar-refractivity contribution in [3.63, 3.8) is 0 Å². The Hall–Kier alpha value is -1.44. The van der Waals surface area contributed by atoms with Gasteiger partial charge in [-0.2, -0.15) is 0 Å². The number of methoxy groups -OCH3 is 1. The molecule has 0 aromatic heterocycles. The summed E-state index contributed by atoms with van der Waals surface area (Å²) >= 11 is 0. The van der Waals surface area contributed by atoms with Crippen molar-refractivity contribution in [2.75, 3.05) is 21.2 Å². The van der Waals surface area contributed by atoms with Crippen LogP contribution in [0.15, 0.2) is 36.5 Å². The average Bonchev–Trinajstić information content (AvgIpc) is 2.38. The minimum atomic E-state index is 0.428. The van der Waals surface area contributed by atoms with Crippen molar-refractivity contribution < 1.29 is 4.74 Å². The molecule has 0 heterocycles. The third-order valence-corrected chi connectivity index (χ3v) is 3.67. The Bertz CT molecular complexity index is 398. The third kappa shape index (κ3) is 3.28. The summed E-state index contributed by atoms with van der Waals surface area (Å²) in [4.78, 5) is 2.10. The van der Waals surface area contributed by atoms with Crippen molar-refractivity contribution in [2.45, 2.75) is 26.2 Å². The van der Waals surface area contributed by atoms with Crippen LogP contribution < -0.4 is 4.74 Å². The maximum atomic E-state index is 5.30. The highest BCUT2D eigenvalue weighted by Crippen LogP contribution is 2.34. The van der Waals surface area contributed by atoms with Crippen molar-refractivity contribution in [1.29, 1.82) is 0 Å². The lowest BCUT2D eigenvalue weighted by atomic mass is 9.83. The first-order valence-electron chi connectivity index (χ1n) is 6.51. The highest BCUT2D eigenvalue weighted by atomic mass is 16.5. The van der Waals surface area contributed by atoms with Gasteiger partial charge in [0, 0.05) is 25.7 Å². The van der Waals surface area contributed by atoms with Gasteiger partial charge < -0.3 is 9.64 Å². The Morgan fingerprint density at radius 1 is 1.39 bits per heavy atom. The molecule has 0 fully saturated rings. The molecule has 2 nitrogen and oxygen atoms in total. The summed E-state index contributed by atoms with van der Waals surface area (Å²) in [5, 5.41) is 0. The van der Waals surface area contributed by atoms with Gasteiger partial charge in [0.1, 0.15) is 5.75 Å². The Morgan fingerprint density at radius 3 is 2.56 bits per heavy atom.